The lowest BCUT2D eigenvalue weighted by Crippen LogP contribution is -1.96. The summed E-state index contributed by atoms with van der Waals surface area (Å²) in [5, 5.41) is 19.4. The van der Waals surface area contributed by atoms with Gasteiger partial charge in [0.1, 0.15) is 0 Å². The first-order valence-electron chi connectivity index (χ1n) is 4.27. The third-order valence-corrected chi connectivity index (χ3v) is 2.24. The zero-order valence-corrected chi connectivity index (χ0v) is 9.06. The van der Waals surface area contributed by atoms with Gasteiger partial charge < -0.3 is 5.11 Å². The van der Waals surface area contributed by atoms with Crippen molar-refractivity contribution in [3.8, 4) is 0 Å². The molecule has 0 aromatic heterocycles. The maximum absolute atomic E-state index is 10.6. The van der Waals surface area contributed by atoms with Gasteiger partial charge in [-0.25, -0.2) is 4.79 Å². The summed E-state index contributed by atoms with van der Waals surface area (Å²) in [4.78, 5) is 20.5. The molecular weight excluding hydrogens is 234 g/mol. The molecule has 0 radical (unpaired) electrons. The van der Waals surface area contributed by atoms with Gasteiger partial charge >= 0.3 is 5.97 Å². The van der Waals surface area contributed by atoms with Gasteiger partial charge in [-0.1, -0.05) is 11.6 Å². The standard InChI is InChI=1S/C10H8ClNO4/c1-6(10(13)14)4-7-5-8(12(15)16)2-3-9(7)11/h2-5H,1H3,(H,13,14). The average molecular weight is 242 g/mol. The fraction of sp³-hybridized carbons (Fsp3) is 0.100. The zero-order chi connectivity index (χ0) is 12.3. The maximum atomic E-state index is 10.6. The molecule has 84 valence electrons. The Morgan fingerprint density at radius 3 is 2.69 bits per heavy atom. The van der Waals surface area contributed by atoms with Gasteiger partial charge in [0.05, 0.1) is 4.92 Å². The molecule has 0 bridgehead atoms. The molecule has 1 rings (SSSR count). The Morgan fingerprint density at radius 1 is 1.56 bits per heavy atom. The molecule has 5 nitrogen and oxygen atoms in total. The number of carbonyl (C=O) groups is 1. The largest absolute Gasteiger partial charge is 0.478 e. The topological polar surface area (TPSA) is 80.4 Å². The number of hydrogen-bond donors (Lipinski definition) is 1. The molecule has 6 heteroatoms. The minimum Gasteiger partial charge on any atom is -0.478 e. The van der Waals surface area contributed by atoms with Gasteiger partial charge in [0.15, 0.2) is 0 Å². The summed E-state index contributed by atoms with van der Waals surface area (Å²) in [5.74, 6) is -1.09. The van der Waals surface area contributed by atoms with E-state index in [4.69, 9.17) is 16.7 Å². The number of rotatable bonds is 3. The predicted octanol–water partition coefficient (Wildman–Crippen LogP) is 2.74. The molecule has 0 saturated carbocycles. The number of non-ortho nitro benzene ring substituents is 1. The summed E-state index contributed by atoms with van der Waals surface area (Å²) in [6.07, 6.45) is 1.29. The van der Waals surface area contributed by atoms with E-state index in [0.717, 1.165) is 0 Å². The molecule has 0 aliphatic rings. The van der Waals surface area contributed by atoms with E-state index in [-0.39, 0.29) is 16.3 Å². The number of nitro groups is 1. The van der Waals surface area contributed by atoms with Crippen molar-refractivity contribution in [2.45, 2.75) is 6.92 Å². The van der Waals surface area contributed by atoms with Crippen molar-refractivity contribution in [1.82, 2.24) is 0 Å². The van der Waals surface area contributed by atoms with Crippen LogP contribution in [-0.2, 0) is 4.79 Å². The second-order valence-electron chi connectivity index (χ2n) is 3.10. The molecular formula is C10H8ClNO4. The van der Waals surface area contributed by atoms with Crippen LogP contribution in [0, 0.1) is 10.1 Å². The number of carboxylic acids is 1. The minimum atomic E-state index is -1.09. The molecule has 16 heavy (non-hydrogen) atoms. The highest BCUT2D eigenvalue weighted by atomic mass is 35.5. The van der Waals surface area contributed by atoms with Gasteiger partial charge in [-0.2, -0.15) is 0 Å². The first kappa shape index (κ1) is 12.2. The summed E-state index contributed by atoms with van der Waals surface area (Å²) >= 11 is 5.79. The first-order chi connectivity index (χ1) is 7.41. The summed E-state index contributed by atoms with van der Waals surface area (Å²) < 4.78 is 0. The Bertz CT molecular complexity index is 482. The number of aliphatic carboxylic acids is 1. The fourth-order valence-electron chi connectivity index (χ4n) is 1.05. The quantitative estimate of drug-likeness (QED) is 0.501. The van der Waals surface area contributed by atoms with Crippen molar-refractivity contribution in [3.63, 3.8) is 0 Å². The second-order valence-corrected chi connectivity index (χ2v) is 3.50. The Balaban J connectivity index is 3.23. The Kier molecular flexibility index (Phi) is 3.63. The number of nitro benzene ring substituents is 1. The van der Waals surface area contributed by atoms with Crippen LogP contribution in [0.25, 0.3) is 6.08 Å². The van der Waals surface area contributed by atoms with Crippen molar-refractivity contribution < 1.29 is 14.8 Å². The highest BCUT2D eigenvalue weighted by Crippen LogP contribution is 2.24. The highest BCUT2D eigenvalue weighted by molar-refractivity contribution is 6.32. The smallest absolute Gasteiger partial charge is 0.331 e. The van der Waals surface area contributed by atoms with E-state index >= 15 is 0 Å². The van der Waals surface area contributed by atoms with E-state index in [2.05, 4.69) is 0 Å². The van der Waals surface area contributed by atoms with Crippen molar-refractivity contribution in [2.24, 2.45) is 0 Å². The molecule has 0 atom stereocenters. The Morgan fingerprint density at radius 2 is 2.19 bits per heavy atom. The van der Waals surface area contributed by atoms with Crippen LogP contribution >= 0.6 is 11.6 Å². The van der Waals surface area contributed by atoms with Gasteiger partial charge in [0, 0.05) is 28.3 Å². The lowest BCUT2D eigenvalue weighted by atomic mass is 10.1. The maximum Gasteiger partial charge on any atom is 0.331 e. The predicted molar refractivity (Wildman–Crippen MR) is 59.4 cm³/mol. The van der Waals surface area contributed by atoms with Crippen LogP contribution in [0.1, 0.15) is 12.5 Å². The van der Waals surface area contributed by atoms with Crippen LogP contribution in [-0.4, -0.2) is 16.0 Å². The molecule has 0 aliphatic heterocycles. The van der Waals surface area contributed by atoms with Crippen molar-refractivity contribution in [2.75, 3.05) is 0 Å². The van der Waals surface area contributed by atoms with Crippen LogP contribution in [0.4, 0.5) is 5.69 Å². The third-order valence-electron chi connectivity index (χ3n) is 1.90. The number of carboxylic acid groups (broad SMARTS) is 1. The highest BCUT2D eigenvalue weighted by Gasteiger charge is 2.09. The summed E-state index contributed by atoms with van der Waals surface area (Å²) in [7, 11) is 0. The first-order valence-corrected chi connectivity index (χ1v) is 4.65. The molecule has 1 N–H and O–H groups in total. The summed E-state index contributed by atoms with van der Waals surface area (Å²) in [6.45, 7) is 1.39. The monoisotopic (exact) mass is 241 g/mol. The van der Waals surface area contributed by atoms with E-state index in [9.17, 15) is 14.9 Å². The minimum absolute atomic E-state index is 0.0578. The van der Waals surface area contributed by atoms with Crippen LogP contribution in [0.3, 0.4) is 0 Å². The lowest BCUT2D eigenvalue weighted by molar-refractivity contribution is -0.384. The fourth-order valence-corrected chi connectivity index (χ4v) is 1.22. The molecule has 0 aliphatic carbocycles. The van der Waals surface area contributed by atoms with E-state index in [0.29, 0.717) is 5.56 Å². The zero-order valence-electron chi connectivity index (χ0n) is 8.31. The Labute approximate surface area is 96.1 Å². The molecule has 0 spiro atoms. The summed E-state index contributed by atoms with van der Waals surface area (Å²) in [6, 6.07) is 3.85. The van der Waals surface area contributed by atoms with Crippen LogP contribution in [0.5, 0.6) is 0 Å². The number of nitrogens with zero attached hydrogens (tertiary/aromatic N) is 1. The van der Waals surface area contributed by atoms with E-state index in [1.807, 2.05) is 0 Å². The second kappa shape index (κ2) is 4.76. The molecule has 0 amide bonds. The average Bonchev–Trinajstić information content (AvgIpc) is 2.20. The SMILES string of the molecule is CC(=Cc1cc([N+](=O)[O-])ccc1Cl)C(=O)O. The van der Waals surface area contributed by atoms with Crippen molar-refractivity contribution in [3.05, 3.63) is 44.5 Å². The number of hydrogen-bond acceptors (Lipinski definition) is 3. The molecule has 1 aromatic carbocycles. The van der Waals surface area contributed by atoms with Gasteiger partial charge in [-0.3, -0.25) is 10.1 Å². The van der Waals surface area contributed by atoms with Crippen molar-refractivity contribution >= 4 is 29.3 Å². The van der Waals surface area contributed by atoms with E-state index in [1.165, 1.54) is 31.2 Å². The Hall–Kier alpha value is -1.88. The normalized spacial score (nSPS) is 11.2. The number of halogens is 1. The van der Waals surface area contributed by atoms with E-state index < -0.39 is 10.9 Å². The van der Waals surface area contributed by atoms with Crippen LogP contribution < -0.4 is 0 Å². The number of benzene rings is 1. The third kappa shape index (κ3) is 2.80. The summed E-state index contributed by atoms with van der Waals surface area (Å²) in [5.41, 5.74) is 0.243. The molecule has 0 heterocycles. The van der Waals surface area contributed by atoms with Crippen LogP contribution in [0.2, 0.25) is 5.02 Å². The molecule has 0 saturated heterocycles. The van der Waals surface area contributed by atoms with Gasteiger partial charge in [0.25, 0.3) is 5.69 Å². The van der Waals surface area contributed by atoms with Gasteiger partial charge in [0.2, 0.25) is 0 Å². The molecule has 0 unspecified atom stereocenters. The lowest BCUT2D eigenvalue weighted by Gasteiger charge is -1.99. The van der Waals surface area contributed by atoms with Gasteiger partial charge in [-0.05, 0) is 19.1 Å². The van der Waals surface area contributed by atoms with E-state index in [1.54, 1.807) is 0 Å². The molecule has 0 fully saturated rings. The molecule has 1 aromatic rings. The van der Waals surface area contributed by atoms with Crippen molar-refractivity contribution in [1.29, 1.82) is 0 Å². The van der Waals surface area contributed by atoms with Gasteiger partial charge in [-0.15, -0.1) is 0 Å². The van der Waals surface area contributed by atoms with Crippen LogP contribution in [0.15, 0.2) is 23.8 Å².